The molecule has 2 rings (SSSR count). The molecule has 6 heteroatoms. The Labute approximate surface area is 90.1 Å². The number of H-pyrrole nitrogens is 1. The number of aryl methyl sites for hydroxylation is 1. The smallest absolute Gasteiger partial charge is 0.278 e. The topological polar surface area (TPSA) is 63.0 Å². The second kappa shape index (κ2) is 3.38. The van der Waals surface area contributed by atoms with E-state index in [2.05, 4.69) is 15.1 Å². The summed E-state index contributed by atoms with van der Waals surface area (Å²) in [6, 6.07) is 1.45. The van der Waals surface area contributed by atoms with E-state index in [9.17, 15) is 4.79 Å². The van der Waals surface area contributed by atoms with Gasteiger partial charge in [0.05, 0.1) is 0 Å². The molecule has 2 aromatic rings. The van der Waals surface area contributed by atoms with Gasteiger partial charge in [0.2, 0.25) is 0 Å². The molecular weight excluding hydrogens is 167 g/mol. The number of aromatic amines is 1. The third kappa shape index (κ3) is 1.43. The van der Waals surface area contributed by atoms with E-state index in [-0.39, 0.29) is 35.1 Å². The van der Waals surface area contributed by atoms with Gasteiger partial charge in [-0.3, -0.25) is 9.89 Å². The second-order valence-corrected chi connectivity index (χ2v) is 2.26. The van der Waals surface area contributed by atoms with Crippen LogP contribution in [-0.4, -0.2) is 19.6 Å². The molecule has 0 bridgehead atoms. The Balaban J connectivity index is 0.000000720. The number of nitrogens with zero attached hydrogens (tertiary/aromatic N) is 3. The zero-order chi connectivity index (χ0) is 7.84. The molecule has 2 aromatic heterocycles. The van der Waals surface area contributed by atoms with Crippen LogP contribution in [0.3, 0.4) is 0 Å². The van der Waals surface area contributed by atoms with Crippen molar-refractivity contribution in [1.29, 1.82) is 0 Å². The van der Waals surface area contributed by atoms with Crippen molar-refractivity contribution in [1.82, 2.24) is 19.6 Å². The minimum Gasteiger partial charge on any atom is -0.278 e. The molecule has 0 saturated heterocycles. The number of rotatable bonds is 0. The van der Waals surface area contributed by atoms with Crippen LogP contribution in [0.5, 0.6) is 0 Å². The van der Waals surface area contributed by atoms with E-state index in [0.29, 0.717) is 11.5 Å². The molecule has 12 heavy (non-hydrogen) atoms. The predicted octanol–water partition coefficient (Wildman–Crippen LogP) is -3.27. The van der Waals surface area contributed by atoms with Crippen LogP contribution >= 0.6 is 0 Å². The van der Waals surface area contributed by atoms with Crippen LogP contribution in [0.1, 0.15) is 5.69 Å². The molecule has 0 saturated carbocycles. The SMILES string of the molecule is Cc1cc(=O)n2[nH]cnc2n1.[Na+]. The van der Waals surface area contributed by atoms with Gasteiger partial charge in [0.1, 0.15) is 6.33 Å². The Morgan fingerprint density at radius 3 is 3.08 bits per heavy atom. The molecule has 0 aliphatic heterocycles. The minimum atomic E-state index is -0.134. The normalized spacial score (nSPS) is 9.75. The first-order valence-electron chi connectivity index (χ1n) is 3.17. The minimum absolute atomic E-state index is 0. The summed E-state index contributed by atoms with van der Waals surface area (Å²) >= 11 is 0. The number of hydrogen-bond donors (Lipinski definition) is 1. The first kappa shape index (κ1) is 9.44. The van der Waals surface area contributed by atoms with Crippen LogP contribution in [-0.2, 0) is 0 Å². The van der Waals surface area contributed by atoms with Gasteiger partial charge in [-0.25, -0.2) is 9.97 Å². The Morgan fingerprint density at radius 2 is 2.33 bits per heavy atom. The van der Waals surface area contributed by atoms with Crippen LogP contribution in [0.2, 0.25) is 0 Å². The largest absolute Gasteiger partial charge is 1.00 e. The Kier molecular flexibility index (Phi) is 2.66. The Hall–Kier alpha value is -0.650. The van der Waals surface area contributed by atoms with Crippen LogP contribution in [0, 0.1) is 6.92 Å². The third-order valence-corrected chi connectivity index (χ3v) is 1.40. The fourth-order valence-corrected chi connectivity index (χ4v) is 0.934. The predicted molar refractivity (Wildman–Crippen MR) is 38.3 cm³/mol. The summed E-state index contributed by atoms with van der Waals surface area (Å²) < 4.78 is 1.28. The van der Waals surface area contributed by atoms with Crippen LogP contribution in [0.15, 0.2) is 17.2 Å². The molecule has 2 heterocycles. The van der Waals surface area contributed by atoms with Crippen molar-refractivity contribution in [2.75, 3.05) is 0 Å². The quantitative estimate of drug-likeness (QED) is 0.425. The van der Waals surface area contributed by atoms with E-state index < -0.39 is 0 Å². The summed E-state index contributed by atoms with van der Waals surface area (Å²) in [7, 11) is 0. The van der Waals surface area contributed by atoms with Crippen molar-refractivity contribution in [3.8, 4) is 0 Å². The summed E-state index contributed by atoms with van der Waals surface area (Å²) in [5.41, 5.74) is 0.548. The van der Waals surface area contributed by atoms with Crippen molar-refractivity contribution in [2.24, 2.45) is 0 Å². The maximum atomic E-state index is 11.1. The van der Waals surface area contributed by atoms with Gasteiger partial charge in [0, 0.05) is 11.8 Å². The second-order valence-electron chi connectivity index (χ2n) is 2.26. The molecule has 0 aliphatic rings. The first-order chi connectivity index (χ1) is 5.27. The average molecular weight is 173 g/mol. The van der Waals surface area contributed by atoms with Crippen LogP contribution in [0.4, 0.5) is 0 Å². The van der Waals surface area contributed by atoms with E-state index in [0.717, 1.165) is 0 Å². The molecule has 0 fully saturated rings. The van der Waals surface area contributed by atoms with Crippen LogP contribution in [0.25, 0.3) is 5.78 Å². The van der Waals surface area contributed by atoms with Gasteiger partial charge in [-0.05, 0) is 6.92 Å². The van der Waals surface area contributed by atoms with Gasteiger partial charge in [-0.15, -0.1) is 0 Å². The average Bonchev–Trinajstić information content (AvgIpc) is 2.34. The molecule has 0 amide bonds. The van der Waals surface area contributed by atoms with Crippen molar-refractivity contribution < 1.29 is 29.6 Å². The van der Waals surface area contributed by atoms with Gasteiger partial charge in [-0.2, -0.15) is 4.52 Å². The van der Waals surface area contributed by atoms with Gasteiger partial charge < -0.3 is 0 Å². The van der Waals surface area contributed by atoms with Gasteiger partial charge in [-0.1, -0.05) is 0 Å². The van der Waals surface area contributed by atoms with Crippen molar-refractivity contribution in [3.63, 3.8) is 0 Å². The zero-order valence-corrected chi connectivity index (χ0v) is 8.90. The summed E-state index contributed by atoms with van der Waals surface area (Å²) in [6.07, 6.45) is 1.43. The standard InChI is InChI=1S/C6H6N4O.Na/c1-4-2-5(11)10-6(9-4)7-3-8-10;/h2-3H,1H3,(H,7,8,9);/q;+1. The van der Waals surface area contributed by atoms with E-state index in [1.807, 2.05) is 0 Å². The zero-order valence-electron chi connectivity index (χ0n) is 6.90. The van der Waals surface area contributed by atoms with Crippen molar-refractivity contribution >= 4 is 5.78 Å². The van der Waals surface area contributed by atoms with E-state index in [1.165, 1.54) is 16.9 Å². The Bertz CT molecular complexity index is 446. The molecule has 56 valence electrons. The van der Waals surface area contributed by atoms with E-state index in [1.54, 1.807) is 6.92 Å². The summed E-state index contributed by atoms with van der Waals surface area (Å²) in [5, 5.41) is 2.65. The molecule has 0 radical (unpaired) electrons. The fraction of sp³-hybridized carbons (Fsp3) is 0.167. The van der Waals surface area contributed by atoms with Crippen LogP contribution < -0.4 is 35.1 Å². The van der Waals surface area contributed by atoms with Crippen molar-refractivity contribution in [2.45, 2.75) is 6.92 Å². The van der Waals surface area contributed by atoms with Gasteiger partial charge >= 0.3 is 29.6 Å². The Morgan fingerprint density at radius 1 is 1.58 bits per heavy atom. The summed E-state index contributed by atoms with van der Waals surface area (Å²) in [6.45, 7) is 1.76. The van der Waals surface area contributed by atoms with E-state index in [4.69, 9.17) is 0 Å². The number of hydrogen-bond acceptors (Lipinski definition) is 3. The number of aromatic nitrogens is 4. The molecular formula is C6H6N4NaO+. The summed E-state index contributed by atoms with van der Waals surface area (Å²) in [5.74, 6) is 0.412. The molecule has 0 atom stereocenters. The maximum Gasteiger partial charge on any atom is 1.00 e. The third-order valence-electron chi connectivity index (χ3n) is 1.40. The molecule has 0 aromatic carbocycles. The number of fused-ring (bicyclic) bond motifs is 1. The monoisotopic (exact) mass is 173 g/mol. The molecule has 0 spiro atoms. The van der Waals surface area contributed by atoms with E-state index >= 15 is 0 Å². The maximum absolute atomic E-state index is 11.1. The van der Waals surface area contributed by atoms with Crippen molar-refractivity contribution in [3.05, 3.63) is 28.4 Å². The summed E-state index contributed by atoms with van der Waals surface area (Å²) in [4.78, 5) is 19.0. The molecule has 0 aliphatic carbocycles. The van der Waals surface area contributed by atoms with Gasteiger partial charge in [0.25, 0.3) is 11.3 Å². The molecule has 1 N–H and O–H groups in total. The molecule has 5 nitrogen and oxygen atoms in total. The van der Waals surface area contributed by atoms with Gasteiger partial charge in [0.15, 0.2) is 0 Å². The molecule has 0 unspecified atom stereocenters. The number of nitrogens with one attached hydrogen (secondary N) is 1. The fourth-order valence-electron chi connectivity index (χ4n) is 0.934. The first-order valence-corrected chi connectivity index (χ1v) is 3.17.